The van der Waals surface area contributed by atoms with Gasteiger partial charge < -0.3 is 25.2 Å². The third kappa shape index (κ3) is 7.82. The van der Waals surface area contributed by atoms with Gasteiger partial charge in [-0.25, -0.2) is 8.42 Å². The molecule has 0 spiro atoms. The van der Waals surface area contributed by atoms with Gasteiger partial charge in [-0.05, 0) is 78.9 Å². The molecule has 0 bridgehead atoms. The number of hydrogen-bond acceptors (Lipinski definition) is 8. The molecule has 0 aromatic heterocycles. The number of methoxy groups -OCH3 is 1. The maximum Gasteiger partial charge on any atom is 0.251 e. The van der Waals surface area contributed by atoms with Gasteiger partial charge in [-0.1, -0.05) is 29.3 Å². The fourth-order valence-electron chi connectivity index (χ4n) is 4.51. The molecule has 1 saturated heterocycles. The lowest BCUT2D eigenvalue weighted by molar-refractivity contribution is 0.0941. The zero-order valence-corrected chi connectivity index (χ0v) is 24.6. The number of piperidine rings is 1. The molecule has 220 valence electrons. The molecule has 1 fully saturated rings. The molecule has 2 N–H and O–H groups in total. The van der Waals surface area contributed by atoms with Gasteiger partial charge >= 0.3 is 0 Å². The minimum atomic E-state index is -3.74. The van der Waals surface area contributed by atoms with Gasteiger partial charge in [0, 0.05) is 41.7 Å². The van der Waals surface area contributed by atoms with Gasteiger partial charge in [-0.3, -0.25) is 10.0 Å². The number of sulfonamides is 1. The smallest absolute Gasteiger partial charge is 0.251 e. The van der Waals surface area contributed by atoms with Crippen molar-refractivity contribution in [2.45, 2.75) is 24.2 Å². The van der Waals surface area contributed by atoms with Crippen LogP contribution >= 0.6 is 23.2 Å². The highest BCUT2D eigenvalue weighted by Gasteiger charge is 2.29. The Kier molecular flexibility index (Phi) is 10.3. The Morgan fingerprint density at radius 2 is 1.78 bits per heavy atom. The summed E-state index contributed by atoms with van der Waals surface area (Å²) < 4.78 is 38.6. The molecule has 1 aliphatic rings. The summed E-state index contributed by atoms with van der Waals surface area (Å²) in [5, 5.41) is 23.6. The van der Waals surface area contributed by atoms with Crippen LogP contribution in [0.1, 0.15) is 28.8 Å². The monoisotopic (exact) mass is 622 g/mol. The first-order valence-corrected chi connectivity index (χ1v) is 15.1. The highest BCUT2D eigenvalue weighted by molar-refractivity contribution is 7.89. The molecule has 41 heavy (non-hydrogen) atoms. The summed E-state index contributed by atoms with van der Waals surface area (Å²) in [5.41, 5.74) is 1.24. The topological polar surface area (TPSA) is 131 Å². The third-order valence-corrected chi connectivity index (χ3v) is 9.39. The van der Waals surface area contributed by atoms with Crippen LogP contribution < -0.4 is 20.0 Å². The highest BCUT2D eigenvalue weighted by atomic mass is 35.5. The van der Waals surface area contributed by atoms with E-state index in [0.717, 1.165) is 5.56 Å². The number of rotatable bonds is 11. The van der Waals surface area contributed by atoms with Gasteiger partial charge in [0.2, 0.25) is 10.0 Å². The molecular formula is C28H30Cl2N3O7S-. The Morgan fingerprint density at radius 1 is 1.07 bits per heavy atom. The molecule has 10 nitrogen and oxygen atoms in total. The highest BCUT2D eigenvalue weighted by Crippen LogP contribution is 2.29. The van der Waals surface area contributed by atoms with Crippen LogP contribution in [0.2, 0.25) is 10.0 Å². The van der Waals surface area contributed by atoms with E-state index in [4.69, 9.17) is 37.9 Å². The van der Waals surface area contributed by atoms with Gasteiger partial charge in [0.1, 0.15) is 0 Å². The molecule has 0 saturated carbocycles. The summed E-state index contributed by atoms with van der Waals surface area (Å²) in [5.74, 6) is 0.756. The van der Waals surface area contributed by atoms with Crippen molar-refractivity contribution >= 4 is 44.8 Å². The van der Waals surface area contributed by atoms with Crippen LogP contribution in [-0.4, -0.2) is 57.2 Å². The lowest BCUT2D eigenvalue weighted by Crippen LogP contribution is -2.41. The summed E-state index contributed by atoms with van der Waals surface area (Å²) in [6.07, 6.45) is 1.69. The largest absolute Gasteiger partial charge is 0.733 e. The number of anilines is 1. The van der Waals surface area contributed by atoms with Crippen LogP contribution in [0.25, 0.3) is 0 Å². The fraction of sp³-hybridized carbons (Fsp3) is 0.321. The number of nitrogens with zero attached hydrogens (tertiary/aromatic N) is 2. The van der Waals surface area contributed by atoms with Crippen molar-refractivity contribution in [3.63, 3.8) is 0 Å². The van der Waals surface area contributed by atoms with E-state index in [-0.39, 0.29) is 27.6 Å². The number of halogens is 2. The van der Waals surface area contributed by atoms with Crippen molar-refractivity contribution in [3.05, 3.63) is 87.0 Å². The summed E-state index contributed by atoms with van der Waals surface area (Å²) in [6, 6.07) is 15.3. The first-order valence-electron chi connectivity index (χ1n) is 12.9. The SMILES string of the molecule is COc1ccc(C(=O)NCC2CCN(S(=O)(=O)c3ccc(N([O-])O)cc3)CC2)cc1OCCc1ccc(Cl)cc1Cl. The minimum absolute atomic E-state index is 0.0450. The predicted molar refractivity (Wildman–Crippen MR) is 157 cm³/mol. The number of amides is 1. The second-order valence-corrected chi connectivity index (χ2v) is 12.3. The molecule has 4 rings (SSSR count). The van der Waals surface area contributed by atoms with Gasteiger partial charge in [0.05, 0.1) is 24.3 Å². The van der Waals surface area contributed by atoms with E-state index in [1.54, 1.807) is 30.3 Å². The minimum Gasteiger partial charge on any atom is -0.733 e. The van der Waals surface area contributed by atoms with E-state index in [9.17, 15) is 18.4 Å². The number of carbonyl (C=O) groups excluding carboxylic acids is 1. The Hall–Kier alpha value is -3.06. The average molecular weight is 624 g/mol. The Bertz CT molecular complexity index is 1460. The van der Waals surface area contributed by atoms with E-state index in [0.29, 0.717) is 72.6 Å². The molecule has 0 atom stereocenters. The zero-order chi connectivity index (χ0) is 29.6. The van der Waals surface area contributed by atoms with Crippen LogP contribution in [0.4, 0.5) is 5.69 Å². The quantitative estimate of drug-likeness (QED) is 0.281. The van der Waals surface area contributed by atoms with E-state index < -0.39 is 10.0 Å². The van der Waals surface area contributed by atoms with Gasteiger partial charge in [-0.15, -0.1) is 0 Å². The number of benzene rings is 3. The van der Waals surface area contributed by atoms with E-state index >= 15 is 0 Å². The molecule has 0 unspecified atom stereocenters. The summed E-state index contributed by atoms with van der Waals surface area (Å²) in [7, 11) is -2.22. The molecule has 1 heterocycles. The fourth-order valence-corrected chi connectivity index (χ4v) is 6.49. The number of hydrogen-bond donors (Lipinski definition) is 2. The van der Waals surface area contributed by atoms with Gasteiger partial charge in [-0.2, -0.15) is 4.31 Å². The van der Waals surface area contributed by atoms with Crippen molar-refractivity contribution < 1.29 is 27.9 Å². The maximum absolute atomic E-state index is 13.0. The second-order valence-electron chi connectivity index (χ2n) is 9.52. The van der Waals surface area contributed by atoms with Crippen LogP contribution in [0.5, 0.6) is 11.5 Å². The molecule has 0 radical (unpaired) electrons. The predicted octanol–water partition coefficient (Wildman–Crippen LogP) is 5.15. The molecule has 0 aliphatic carbocycles. The maximum atomic E-state index is 13.0. The zero-order valence-electron chi connectivity index (χ0n) is 22.3. The third-order valence-electron chi connectivity index (χ3n) is 6.89. The van der Waals surface area contributed by atoms with Crippen LogP contribution in [0.15, 0.2) is 65.6 Å². The molecule has 13 heteroatoms. The first-order chi connectivity index (χ1) is 19.6. The van der Waals surface area contributed by atoms with Crippen LogP contribution in [-0.2, 0) is 16.4 Å². The summed E-state index contributed by atoms with van der Waals surface area (Å²) in [6.45, 7) is 1.31. The molecule has 1 aliphatic heterocycles. The Labute approximate surface area is 249 Å². The summed E-state index contributed by atoms with van der Waals surface area (Å²) in [4.78, 5) is 13.0. The Balaban J connectivity index is 1.29. The molecular weight excluding hydrogens is 593 g/mol. The van der Waals surface area contributed by atoms with Gasteiger partial charge in [0.25, 0.3) is 5.91 Å². The number of carbonyl (C=O) groups is 1. The Morgan fingerprint density at radius 3 is 2.41 bits per heavy atom. The van der Waals surface area contributed by atoms with Crippen molar-refractivity contribution in [2.24, 2.45) is 5.92 Å². The normalized spacial score (nSPS) is 14.5. The van der Waals surface area contributed by atoms with E-state index in [2.05, 4.69) is 5.32 Å². The van der Waals surface area contributed by atoms with Gasteiger partial charge in [0.15, 0.2) is 11.5 Å². The van der Waals surface area contributed by atoms with E-state index in [1.165, 1.54) is 35.7 Å². The van der Waals surface area contributed by atoms with Crippen molar-refractivity contribution in [1.29, 1.82) is 0 Å². The molecule has 1 amide bonds. The average Bonchev–Trinajstić information content (AvgIpc) is 2.97. The van der Waals surface area contributed by atoms with Crippen LogP contribution in [0, 0.1) is 11.1 Å². The lowest BCUT2D eigenvalue weighted by Gasteiger charge is -2.31. The van der Waals surface area contributed by atoms with Crippen molar-refractivity contribution in [1.82, 2.24) is 9.62 Å². The molecule has 3 aromatic carbocycles. The standard InChI is InChI=1S/C28H30Cl2N3O7S/c1-39-26-9-3-21(16-27(26)40-15-12-20-2-4-22(29)17-25(20)30)28(34)31-18-19-10-13-32(14-11-19)41(37,38)24-7-5-23(6-8-24)33(35)36/h2-9,16-17,19,35H,10-15,18H2,1H3,(H,31,34)/q-1. The van der Waals surface area contributed by atoms with Crippen molar-refractivity contribution in [3.8, 4) is 11.5 Å². The van der Waals surface area contributed by atoms with Crippen LogP contribution in [0.3, 0.4) is 0 Å². The van der Waals surface area contributed by atoms with E-state index in [1.807, 2.05) is 6.07 Å². The first kappa shape index (κ1) is 30.9. The van der Waals surface area contributed by atoms with Crippen molar-refractivity contribution in [2.75, 3.05) is 38.6 Å². The summed E-state index contributed by atoms with van der Waals surface area (Å²) >= 11 is 12.2. The second kappa shape index (κ2) is 13.7. The molecule has 3 aromatic rings. The number of ether oxygens (including phenoxy) is 2. The number of nitrogens with one attached hydrogen (secondary N) is 1. The lowest BCUT2D eigenvalue weighted by atomic mass is 9.98.